The van der Waals surface area contributed by atoms with E-state index in [9.17, 15) is 9.18 Å². The van der Waals surface area contributed by atoms with Crippen LogP contribution in [-0.4, -0.2) is 10.8 Å². The molecule has 0 N–H and O–H groups in total. The minimum atomic E-state index is -0.360. The Bertz CT molecular complexity index is 542. The van der Waals surface area contributed by atoms with Crippen LogP contribution in [0.2, 0.25) is 5.15 Å². The number of halogens is 2. The zero-order chi connectivity index (χ0) is 12.3. The van der Waals surface area contributed by atoms with E-state index in [4.69, 9.17) is 11.6 Å². The van der Waals surface area contributed by atoms with Crippen molar-refractivity contribution >= 4 is 17.4 Å². The maximum Gasteiger partial charge on any atom is 0.227 e. The average molecular weight is 252 g/mol. The molecule has 5 heteroatoms. The molecule has 0 aliphatic rings. The standard InChI is InChI=1S/C12H9ClFN2O/c13-12-8-16(6-5-15-12)7-11(17)9-1-3-10(14)4-2-9/h1-6,8H,7H2/q+1. The first-order valence-corrected chi connectivity index (χ1v) is 5.32. The van der Waals surface area contributed by atoms with Crippen LogP contribution in [0, 0.1) is 5.82 Å². The van der Waals surface area contributed by atoms with Gasteiger partial charge in [0.25, 0.3) is 0 Å². The number of rotatable bonds is 3. The van der Waals surface area contributed by atoms with Gasteiger partial charge in [0.15, 0.2) is 11.3 Å². The number of ketones is 1. The fraction of sp³-hybridized carbons (Fsp3) is 0.0833. The van der Waals surface area contributed by atoms with Gasteiger partial charge in [0, 0.05) is 5.56 Å². The Morgan fingerprint density at radius 3 is 2.71 bits per heavy atom. The topological polar surface area (TPSA) is 33.8 Å². The van der Waals surface area contributed by atoms with Gasteiger partial charge in [-0.3, -0.25) is 4.79 Å². The van der Waals surface area contributed by atoms with Crippen LogP contribution >= 0.6 is 11.6 Å². The molecule has 0 bridgehead atoms. The first-order chi connectivity index (χ1) is 8.15. The van der Waals surface area contributed by atoms with E-state index in [2.05, 4.69) is 4.98 Å². The maximum absolute atomic E-state index is 12.7. The van der Waals surface area contributed by atoms with Crippen LogP contribution in [0.4, 0.5) is 4.39 Å². The van der Waals surface area contributed by atoms with Crippen molar-refractivity contribution < 1.29 is 13.8 Å². The molecule has 0 amide bonds. The molecule has 0 aliphatic carbocycles. The Morgan fingerprint density at radius 1 is 1.35 bits per heavy atom. The number of nitrogens with zero attached hydrogens (tertiary/aromatic N) is 2. The van der Waals surface area contributed by atoms with Gasteiger partial charge in [-0.15, -0.1) is 0 Å². The van der Waals surface area contributed by atoms with E-state index in [1.54, 1.807) is 17.0 Å². The molecule has 17 heavy (non-hydrogen) atoms. The van der Waals surface area contributed by atoms with Crippen LogP contribution in [0.1, 0.15) is 10.4 Å². The van der Waals surface area contributed by atoms with E-state index in [0.29, 0.717) is 10.7 Å². The van der Waals surface area contributed by atoms with Crippen LogP contribution in [-0.2, 0) is 6.54 Å². The van der Waals surface area contributed by atoms with E-state index in [-0.39, 0.29) is 18.1 Å². The third kappa shape index (κ3) is 3.07. The molecule has 1 aromatic heterocycles. The van der Waals surface area contributed by atoms with Crippen molar-refractivity contribution in [3.63, 3.8) is 0 Å². The lowest BCUT2D eigenvalue weighted by Crippen LogP contribution is -2.37. The van der Waals surface area contributed by atoms with Gasteiger partial charge in [-0.1, -0.05) is 11.6 Å². The van der Waals surface area contributed by atoms with E-state index < -0.39 is 0 Å². The largest absolute Gasteiger partial charge is 0.287 e. The van der Waals surface area contributed by atoms with Crippen molar-refractivity contribution in [2.45, 2.75) is 6.54 Å². The molecule has 0 radical (unpaired) electrons. The molecule has 3 nitrogen and oxygen atoms in total. The van der Waals surface area contributed by atoms with Crippen LogP contribution in [0.15, 0.2) is 42.9 Å². The van der Waals surface area contributed by atoms with Gasteiger partial charge < -0.3 is 0 Å². The molecule has 2 aromatic rings. The highest BCUT2D eigenvalue weighted by molar-refractivity contribution is 6.29. The van der Waals surface area contributed by atoms with Gasteiger partial charge in [-0.25, -0.2) is 9.37 Å². The summed E-state index contributed by atoms with van der Waals surface area (Å²) in [5, 5.41) is 0.319. The lowest BCUT2D eigenvalue weighted by molar-refractivity contribution is -0.683. The Kier molecular flexibility index (Phi) is 3.44. The zero-order valence-electron chi connectivity index (χ0n) is 8.81. The summed E-state index contributed by atoms with van der Waals surface area (Å²) >= 11 is 5.70. The second-order valence-electron chi connectivity index (χ2n) is 3.48. The summed E-state index contributed by atoms with van der Waals surface area (Å²) in [7, 11) is 0. The van der Waals surface area contributed by atoms with Gasteiger partial charge in [0.2, 0.25) is 18.5 Å². The van der Waals surface area contributed by atoms with Crippen molar-refractivity contribution in [2.75, 3.05) is 0 Å². The molecule has 0 aliphatic heterocycles. The summed E-state index contributed by atoms with van der Waals surface area (Å²) in [5.74, 6) is -0.474. The normalized spacial score (nSPS) is 10.2. The Balaban J connectivity index is 2.14. The summed E-state index contributed by atoms with van der Waals surface area (Å²) in [5.41, 5.74) is 0.465. The van der Waals surface area contributed by atoms with Crippen LogP contribution in [0.3, 0.4) is 0 Å². The summed E-state index contributed by atoms with van der Waals surface area (Å²) < 4.78 is 14.3. The number of Topliss-reactive ketones (excluding diaryl/α,β-unsaturated/α-hetero) is 1. The van der Waals surface area contributed by atoms with E-state index in [1.807, 2.05) is 0 Å². The van der Waals surface area contributed by atoms with Crippen molar-refractivity contribution in [3.05, 3.63) is 59.4 Å². The third-order valence-electron chi connectivity index (χ3n) is 2.22. The lowest BCUT2D eigenvalue weighted by Gasteiger charge is -1.98. The van der Waals surface area contributed by atoms with Crippen LogP contribution in [0.5, 0.6) is 0 Å². The maximum atomic E-state index is 12.7. The minimum Gasteiger partial charge on any atom is -0.287 e. The summed E-state index contributed by atoms with van der Waals surface area (Å²) in [4.78, 5) is 15.6. The molecule has 0 unspecified atom stereocenters. The highest BCUT2D eigenvalue weighted by Crippen LogP contribution is 2.04. The SMILES string of the molecule is O=C(C[n+]1ccnc(Cl)c1)c1ccc(F)cc1. The molecule has 0 atom stereocenters. The van der Waals surface area contributed by atoms with E-state index in [1.165, 1.54) is 30.5 Å². The molecule has 2 rings (SSSR count). The molecule has 0 spiro atoms. The fourth-order valence-corrected chi connectivity index (χ4v) is 1.58. The van der Waals surface area contributed by atoms with Crippen molar-refractivity contribution in [2.24, 2.45) is 0 Å². The molecule has 1 heterocycles. The van der Waals surface area contributed by atoms with Gasteiger partial charge >= 0.3 is 0 Å². The van der Waals surface area contributed by atoms with E-state index >= 15 is 0 Å². The minimum absolute atomic E-state index is 0.114. The van der Waals surface area contributed by atoms with Crippen molar-refractivity contribution in [1.82, 2.24) is 4.98 Å². The fourth-order valence-electron chi connectivity index (χ4n) is 1.39. The quantitative estimate of drug-likeness (QED) is 0.618. The molecular formula is C12H9ClFN2O+. The second-order valence-corrected chi connectivity index (χ2v) is 3.87. The van der Waals surface area contributed by atoms with Crippen LogP contribution < -0.4 is 4.57 Å². The second kappa shape index (κ2) is 5.01. The summed E-state index contributed by atoms with van der Waals surface area (Å²) in [6, 6.07) is 5.44. The predicted octanol–water partition coefficient (Wildman–Crippen LogP) is 2.04. The number of benzene rings is 1. The van der Waals surface area contributed by atoms with E-state index in [0.717, 1.165) is 0 Å². The molecule has 86 valence electrons. The molecule has 0 fully saturated rings. The lowest BCUT2D eigenvalue weighted by atomic mass is 10.1. The van der Waals surface area contributed by atoms with Gasteiger partial charge in [0.1, 0.15) is 5.82 Å². The zero-order valence-corrected chi connectivity index (χ0v) is 9.56. The van der Waals surface area contributed by atoms with Crippen molar-refractivity contribution in [1.29, 1.82) is 0 Å². The average Bonchev–Trinajstić information content (AvgIpc) is 2.29. The number of hydrogen-bond donors (Lipinski definition) is 0. The Morgan fingerprint density at radius 2 is 2.06 bits per heavy atom. The molecular weight excluding hydrogens is 243 g/mol. The highest BCUT2D eigenvalue weighted by atomic mass is 35.5. The molecule has 0 saturated heterocycles. The third-order valence-corrected chi connectivity index (χ3v) is 2.42. The summed E-state index contributed by atoms with van der Waals surface area (Å²) in [6.45, 7) is 0.147. The first kappa shape index (κ1) is 11.7. The smallest absolute Gasteiger partial charge is 0.227 e. The van der Waals surface area contributed by atoms with Crippen LogP contribution in [0.25, 0.3) is 0 Å². The predicted molar refractivity (Wildman–Crippen MR) is 60.2 cm³/mol. The highest BCUT2D eigenvalue weighted by Gasteiger charge is 2.12. The molecule has 0 saturated carbocycles. The van der Waals surface area contributed by atoms with Gasteiger partial charge in [-0.2, -0.15) is 4.57 Å². The van der Waals surface area contributed by atoms with Crippen molar-refractivity contribution in [3.8, 4) is 0 Å². The number of aromatic nitrogens is 2. The van der Waals surface area contributed by atoms with Gasteiger partial charge in [-0.05, 0) is 24.3 Å². The Labute approximate surface area is 102 Å². The number of carbonyl (C=O) groups is 1. The number of carbonyl (C=O) groups excluding carboxylic acids is 1. The monoisotopic (exact) mass is 251 g/mol. The van der Waals surface area contributed by atoms with Gasteiger partial charge in [0.05, 0.1) is 6.20 Å². The Hall–Kier alpha value is -1.81. The first-order valence-electron chi connectivity index (χ1n) is 4.94. The number of hydrogen-bond acceptors (Lipinski definition) is 2. The summed E-state index contributed by atoms with van der Waals surface area (Å²) in [6.07, 6.45) is 4.72. The molecule has 1 aromatic carbocycles.